The molecule has 7 heteroatoms. The lowest BCUT2D eigenvalue weighted by atomic mass is 10.2. The van der Waals surface area contributed by atoms with Crippen molar-refractivity contribution in [1.82, 2.24) is 15.2 Å². The van der Waals surface area contributed by atoms with E-state index in [9.17, 15) is 14.7 Å². The Kier molecular flexibility index (Phi) is 3.13. The number of hydrogen-bond acceptors (Lipinski definition) is 4. The average Bonchev–Trinajstić information content (AvgIpc) is 2.75. The Morgan fingerprint density at radius 3 is 2.94 bits per heavy atom. The van der Waals surface area contributed by atoms with Crippen LogP contribution in [0.3, 0.4) is 0 Å². The molecule has 0 fully saturated rings. The van der Waals surface area contributed by atoms with Gasteiger partial charge < -0.3 is 10.4 Å². The van der Waals surface area contributed by atoms with Crippen LogP contribution < -0.4 is 10.9 Å². The van der Waals surface area contributed by atoms with Gasteiger partial charge in [0, 0.05) is 17.7 Å². The second-order valence-corrected chi connectivity index (χ2v) is 3.70. The van der Waals surface area contributed by atoms with E-state index < -0.39 is 11.5 Å². The highest BCUT2D eigenvalue weighted by atomic mass is 16.3. The van der Waals surface area contributed by atoms with Crippen molar-refractivity contribution in [2.75, 3.05) is 5.32 Å². The van der Waals surface area contributed by atoms with Gasteiger partial charge >= 0.3 is 0 Å². The Morgan fingerprint density at radius 1 is 1.50 bits per heavy atom. The van der Waals surface area contributed by atoms with Crippen molar-refractivity contribution in [3.63, 3.8) is 0 Å². The van der Waals surface area contributed by atoms with E-state index in [-0.39, 0.29) is 11.4 Å². The summed E-state index contributed by atoms with van der Waals surface area (Å²) in [6.07, 6.45) is 2.33. The predicted octanol–water partition coefficient (Wildman–Crippen LogP) is 0.618. The molecule has 18 heavy (non-hydrogen) atoms. The Labute approximate surface area is 102 Å². The summed E-state index contributed by atoms with van der Waals surface area (Å²) in [6.45, 7) is 1.93. The van der Waals surface area contributed by atoms with Gasteiger partial charge in [0.1, 0.15) is 5.82 Å². The zero-order chi connectivity index (χ0) is 13.1. The first kappa shape index (κ1) is 11.9. The van der Waals surface area contributed by atoms with Crippen LogP contribution in [-0.2, 0) is 6.42 Å². The van der Waals surface area contributed by atoms with Crippen molar-refractivity contribution in [1.29, 1.82) is 0 Å². The van der Waals surface area contributed by atoms with Gasteiger partial charge in [-0.3, -0.25) is 19.7 Å². The maximum Gasteiger partial charge on any atom is 0.257 e. The summed E-state index contributed by atoms with van der Waals surface area (Å²) < 4.78 is 0. The minimum atomic E-state index is -0.541. The van der Waals surface area contributed by atoms with Crippen molar-refractivity contribution in [2.24, 2.45) is 0 Å². The molecule has 0 unspecified atom stereocenters. The summed E-state index contributed by atoms with van der Waals surface area (Å²) in [4.78, 5) is 25.1. The molecule has 94 valence electrons. The molecule has 0 saturated heterocycles. The number of aromatic amines is 2. The zero-order valence-corrected chi connectivity index (χ0v) is 9.65. The molecular formula is C11H12N4O3. The minimum absolute atomic E-state index is 0.0768. The van der Waals surface area contributed by atoms with Crippen LogP contribution in [0.1, 0.15) is 22.8 Å². The third-order valence-electron chi connectivity index (χ3n) is 2.43. The van der Waals surface area contributed by atoms with Crippen molar-refractivity contribution in [2.45, 2.75) is 13.3 Å². The molecule has 0 aromatic carbocycles. The summed E-state index contributed by atoms with van der Waals surface area (Å²) in [5, 5.41) is 18.3. The molecule has 0 aliphatic heterocycles. The fourth-order valence-corrected chi connectivity index (χ4v) is 1.53. The van der Waals surface area contributed by atoms with E-state index in [1.165, 1.54) is 6.07 Å². The number of carbonyl (C=O) groups excluding carboxylic acids is 1. The van der Waals surface area contributed by atoms with Crippen LogP contribution in [0.25, 0.3) is 0 Å². The highest BCUT2D eigenvalue weighted by molar-refractivity contribution is 6.04. The van der Waals surface area contributed by atoms with Crippen molar-refractivity contribution in [3.8, 4) is 5.88 Å². The molecule has 0 aliphatic rings. The standard InChI is InChI=1S/C11H12N4O3/c1-2-6-5-12-15-10(6)14-11(18)7-3-8(16)13-9(17)4-7/h3-5H,2H2,1H3,(H2,13,16,17)(H2,12,14,15,18). The molecule has 2 aromatic heterocycles. The van der Waals surface area contributed by atoms with E-state index in [1.54, 1.807) is 6.20 Å². The molecule has 2 rings (SSSR count). The van der Waals surface area contributed by atoms with Crippen LogP contribution >= 0.6 is 0 Å². The molecule has 0 saturated carbocycles. The molecule has 7 nitrogen and oxygen atoms in total. The van der Waals surface area contributed by atoms with Crippen molar-refractivity contribution in [3.05, 3.63) is 39.8 Å². The average molecular weight is 248 g/mol. The smallest absolute Gasteiger partial charge is 0.257 e. The number of aromatic hydroxyl groups is 1. The van der Waals surface area contributed by atoms with Crippen LogP contribution in [0.4, 0.5) is 5.82 Å². The van der Waals surface area contributed by atoms with Crippen molar-refractivity contribution < 1.29 is 9.90 Å². The van der Waals surface area contributed by atoms with E-state index in [0.29, 0.717) is 12.2 Å². The summed E-state index contributed by atoms with van der Waals surface area (Å²) in [6, 6.07) is 2.29. The lowest BCUT2D eigenvalue weighted by molar-refractivity contribution is 0.102. The number of carbonyl (C=O) groups is 1. The highest BCUT2D eigenvalue weighted by Gasteiger charge is 2.11. The van der Waals surface area contributed by atoms with Crippen molar-refractivity contribution >= 4 is 11.7 Å². The van der Waals surface area contributed by atoms with Crippen LogP contribution in [-0.4, -0.2) is 26.2 Å². The molecule has 0 spiro atoms. The van der Waals surface area contributed by atoms with Gasteiger partial charge in [0.2, 0.25) is 0 Å². The Bertz CT molecular complexity index is 629. The lowest BCUT2D eigenvalue weighted by Gasteiger charge is -2.04. The number of aromatic nitrogens is 3. The van der Waals surface area contributed by atoms with E-state index in [0.717, 1.165) is 11.6 Å². The van der Waals surface area contributed by atoms with Gasteiger partial charge in [-0.15, -0.1) is 0 Å². The number of amides is 1. The molecule has 2 aromatic rings. The third kappa shape index (κ3) is 2.40. The largest absolute Gasteiger partial charge is 0.494 e. The van der Waals surface area contributed by atoms with E-state index in [4.69, 9.17) is 0 Å². The number of pyridine rings is 1. The summed E-state index contributed by atoms with van der Waals surface area (Å²) in [5.74, 6) is -0.356. The third-order valence-corrected chi connectivity index (χ3v) is 2.43. The number of aryl methyl sites for hydroxylation is 1. The van der Waals surface area contributed by atoms with E-state index in [1.807, 2.05) is 6.92 Å². The van der Waals surface area contributed by atoms with Crippen LogP contribution in [0, 0.1) is 0 Å². The first-order chi connectivity index (χ1) is 8.60. The number of anilines is 1. The number of hydrogen-bond donors (Lipinski definition) is 4. The van der Waals surface area contributed by atoms with Crippen LogP contribution in [0.2, 0.25) is 0 Å². The first-order valence-corrected chi connectivity index (χ1v) is 5.37. The quantitative estimate of drug-likeness (QED) is 0.638. The monoisotopic (exact) mass is 248 g/mol. The maximum absolute atomic E-state index is 11.9. The summed E-state index contributed by atoms with van der Waals surface area (Å²) in [7, 11) is 0. The first-order valence-electron chi connectivity index (χ1n) is 5.37. The van der Waals surface area contributed by atoms with E-state index >= 15 is 0 Å². The fraction of sp³-hybridized carbons (Fsp3) is 0.182. The second-order valence-electron chi connectivity index (χ2n) is 3.70. The molecular weight excluding hydrogens is 236 g/mol. The molecule has 1 amide bonds. The minimum Gasteiger partial charge on any atom is -0.494 e. The fourth-order valence-electron chi connectivity index (χ4n) is 1.53. The molecule has 0 bridgehead atoms. The second kappa shape index (κ2) is 4.74. The van der Waals surface area contributed by atoms with Gasteiger partial charge in [-0.2, -0.15) is 5.10 Å². The summed E-state index contributed by atoms with van der Waals surface area (Å²) >= 11 is 0. The van der Waals surface area contributed by atoms with Gasteiger partial charge in [0.05, 0.1) is 11.8 Å². The highest BCUT2D eigenvalue weighted by Crippen LogP contribution is 2.13. The lowest BCUT2D eigenvalue weighted by Crippen LogP contribution is -2.16. The van der Waals surface area contributed by atoms with Gasteiger partial charge in [0.15, 0.2) is 5.88 Å². The van der Waals surface area contributed by atoms with Gasteiger partial charge in [-0.1, -0.05) is 6.92 Å². The molecule has 2 heterocycles. The number of nitrogens with zero attached hydrogens (tertiary/aromatic N) is 1. The van der Waals surface area contributed by atoms with E-state index in [2.05, 4.69) is 20.5 Å². The predicted molar refractivity (Wildman–Crippen MR) is 64.6 cm³/mol. The summed E-state index contributed by atoms with van der Waals surface area (Å²) in [5.41, 5.74) is 0.394. The zero-order valence-electron chi connectivity index (χ0n) is 9.65. The Morgan fingerprint density at radius 2 is 2.28 bits per heavy atom. The number of H-pyrrole nitrogens is 2. The van der Waals surface area contributed by atoms with Gasteiger partial charge in [-0.05, 0) is 6.42 Å². The molecule has 0 radical (unpaired) electrons. The van der Waals surface area contributed by atoms with Crippen LogP contribution in [0.15, 0.2) is 23.1 Å². The SMILES string of the molecule is CCc1cn[nH]c1NC(=O)c1cc(O)[nH]c(=O)c1. The van der Waals surface area contributed by atoms with Crippen LogP contribution in [0.5, 0.6) is 5.88 Å². The topological polar surface area (TPSA) is 111 Å². The Hall–Kier alpha value is -2.57. The van der Waals surface area contributed by atoms with Gasteiger partial charge in [0.25, 0.3) is 11.5 Å². The molecule has 4 N–H and O–H groups in total. The normalized spacial score (nSPS) is 10.3. The molecule has 0 atom stereocenters. The Balaban J connectivity index is 2.24. The number of nitrogens with one attached hydrogen (secondary N) is 3. The maximum atomic E-state index is 11.9. The van der Waals surface area contributed by atoms with Gasteiger partial charge in [-0.25, -0.2) is 0 Å². The molecule has 0 aliphatic carbocycles. The number of rotatable bonds is 3.